The summed E-state index contributed by atoms with van der Waals surface area (Å²) in [5.74, 6) is 0. The molecule has 80 valence electrons. The van der Waals surface area contributed by atoms with E-state index in [4.69, 9.17) is 4.79 Å². The van der Waals surface area contributed by atoms with E-state index in [1.807, 2.05) is 0 Å². The van der Waals surface area contributed by atoms with E-state index in [1.165, 1.54) is 0 Å². The standard InChI is InChI=1S/C8H19N.C2H5NO/c1-6-9(7(2)3)8(4)5;1-3-2-4/h7-8H,6H2,1-5H3;2H,1H3,(H,3,4). The van der Waals surface area contributed by atoms with E-state index in [1.54, 1.807) is 7.05 Å². The van der Waals surface area contributed by atoms with Crippen molar-refractivity contribution in [2.24, 2.45) is 0 Å². The van der Waals surface area contributed by atoms with Gasteiger partial charge in [-0.25, -0.2) is 0 Å². The van der Waals surface area contributed by atoms with Gasteiger partial charge in [0.25, 0.3) is 0 Å². The molecular weight excluding hydrogens is 164 g/mol. The molecule has 0 saturated carbocycles. The Balaban J connectivity index is 0. The van der Waals surface area contributed by atoms with Crippen LogP contribution in [0.3, 0.4) is 0 Å². The lowest BCUT2D eigenvalue weighted by Gasteiger charge is -2.28. The van der Waals surface area contributed by atoms with Crippen molar-refractivity contribution < 1.29 is 4.79 Å². The minimum absolute atomic E-state index is 0.625. The third-order valence-corrected chi connectivity index (χ3v) is 1.81. The molecule has 1 amide bonds. The average molecular weight is 188 g/mol. The second-order valence-corrected chi connectivity index (χ2v) is 3.42. The van der Waals surface area contributed by atoms with Crippen molar-refractivity contribution in [2.75, 3.05) is 13.6 Å². The molecule has 3 heteroatoms. The lowest BCUT2D eigenvalue weighted by atomic mass is 10.2. The van der Waals surface area contributed by atoms with Crippen LogP contribution >= 0.6 is 0 Å². The maximum absolute atomic E-state index is 9.06. The van der Waals surface area contributed by atoms with Crippen molar-refractivity contribution in [1.82, 2.24) is 10.2 Å². The molecule has 1 N–H and O–H groups in total. The number of nitrogens with one attached hydrogen (secondary N) is 1. The van der Waals surface area contributed by atoms with E-state index in [0.717, 1.165) is 6.54 Å². The molecule has 0 aliphatic carbocycles. The summed E-state index contributed by atoms with van der Waals surface area (Å²) in [6, 6.07) is 1.38. The predicted octanol–water partition coefficient (Wildman–Crippen LogP) is 1.49. The van der Waals surface area contributed by atoms with E-state index < -0.39 is 0 Å². The highest BCUT2D eigenvalue weighted by Gasteiger charge is 2.08. The average Bonchev–Trinajstić information content (AvgIpc) is 2.04. The molecule has 0 atom stereocenters. The van der Waals surface area contributed by atoms with Gasteiger partial charge in [-0.2, -0.15) is 0 Å². The lowest BCUT2D eigenvalue weighted by molar-refractivity contribution is -0.109. The fourth-order valence-corrected chi connectivity index (χ4v) is 1.33. The first-order chi connectivity index (χ1) is 6.01. The molecule has 0 bridgehead atoms. The first-order valence-electron chi connectivity index (χ1n) is 4.87. The number of nitrogens with zero attached hydrogens (tertiary/aromatic N) is 1. The van der Waals surface area contributed by atoms with Crippen LogP contribution in [0.2, 0.25) is 0 Å². The van der Waals surface area contributed by atoms with Gasteiger partial charge in [-0.1, -0.05) is 6.92 Å². The van der Waals surface area contributed by atoms with Crippen LogP contribution in [0.25, 0.3) is 0 Å². The molecule has 13 heavy (non-hydrogen) atoms. The summed E-state index contributed by atoms with van der Waals surface area (Å²) < 4.78 is 0. The largest absolute Gasteiger partial charge is 0.362 e. The van der Waals surface area contributed by atoms with Gasteiger partial charge in [0, 0.05) is 19.1 Å². The van der Waals surface area contributed by atoms with Crippen molar-refractivity contribution in [1.29, 1.82) is 0 Å². The maximum Gasteiger partial charge on any atom is 0.206 e. The van der Waals surface area contributed by atoms with Gasteiger partial charge < -0.3 is 5.32 Å². The van der Waals surface area contributed by atoms with Crippen LogP contribution in [0.1, 0.15) is 34.6 Å². The van der Waals surface area contributed by atoms with Gasteiger partial charge in [0.15, 0.2) is 0 Å². The third kappa shape index (κ3) is 9.34. The third-order valence-electron chi connectivity index (χ3n) is 1.81. The molecule has 0 aliphatic rings. The molecule has 0 rings (SSSR count). The highest BCUT2D eigenvalue weighted by atomic mass is 16.1. The van der Waals surface area contributed by atoms with Crippen LogP contribution in [0.4, 0.5) is 0 Å². The van der Waals surface area contributed by atoms with E-state index in [-0.39, 0.29) is 0 Å². The van der Waals surface area contributed by atoms with Crippen LogP contribution in [0.5, 0.6) is 0 Å². The summed E-state index contributed by atoms with van der Waals surface area (Å²) in [6.45, 7) is 12.3. The molecule has 3 nitrogen and oxygen atoms in total. The number of amides is 1. The molecule has 0 saturated heterocycles. The van der Waals surface area contributed by atoms with Gasteiger partial charge >= 0.3 is 0 Å². The minimum Gasteiger partial charge on any atom is -0.362 e. The van der Waals surface area contributed by atoms with Crippen molar-refractivity contribution >= 4 is 6.41 Å². The maximum atomic E-state index is 9.06. The van der Waals surface area contributed by atoms with Crippen LogP contribution < -0.4 is 5.32 Å². The van der Waals surface area contributed by atoms with Crippen molar-refractivity contribution in [3.8, 4) is 0 Å². The smallest absolute Gasteiger partial charge is 0.206 e. The first kappa shape index (κ1) is 14.9. The fraction of sp³-hybridized carbons (Fsp3) is 0.900. The van der Waals surface area contributed by atoms with Gasteiger partial charge in [-0.15, -0.1) is 0 Å². The van der Waals surface area contributed by atoms with Crippen molar-refractivity contribution in [3.63, 3.8) is 0 Å². The van der Waals surface area contributed by atoms with Crippen LogP contribution in [0, 0.1) is 0 Å². The quantitative estimate of drug-likeness (QED) is 0.678. The molecule has 0 radical (unpaired) electrons. The SMILES string of the molecule is CCN(C(C)C)C(C)C.CNC=O. The summed E-state index contributed by atoms with van der Waals surface area (Å²) in [5, 5.41) is 2.25. The highest BCUT2D eigenvalue weighted by Crippen LogP contribution is 2.02. The Labute approximate surface area is 82.5 Å². The van der Waals surface area contributed by atoms with E-state index >= 15 is 0 Å². The van der Waals surface area contributed by atoms with E-state index in [0.29, 0.717) is 18.5 Å². The van der Waals surface area contributed by atoms with Crippen molar-refractivity contribution in [2.45, 2.75) is 46.7 Å². The Kier molecular flexibility index (Phi) is 10.9. The number of carbonyl (C=O) groups is 1. The number of hydrogen-bond acceptors (Lipinski definition) is 2. The van der Waals surface area contributed by atoms with Crippen LogP contribution in [-0.2, 0) is 4.79 Å². The lowest BCUT2D eigenvalue weighted by Crippen LogP contribution is -2.36. The molecule has 0 unspecified atom stereocenters. The molecule has 0 fully saturated rings. The predicted molar refractivity (Wildman–Crippen MR) is 57.8 cm³/mol. The molecule has 0 aromatic carbocycles. The second-order valence-electron chi connectivity index (χ2n) is 3.42. The van der Waals surface area contributed by atoms with Crippen LogP contribution in [-0.4, -0.2) is 37.0 Å². The zero-order valence-electron chi connectivity index (χ0n) is 9.79. The van der Waals surface area contributed by atoms with Crippen molar-refractivity contribution in [3.05, 3.63) is 0 Å². The molecule has 0 spiro atoms. The summed E-state index contributed by atoms with van der Waals surface area (Å²) in [4.78, 5) is 11.5. The van der Waals surface area contributed by atoms with Gasteiger partial charge in [0.2, 0.25) is 6.41 Å². The normalized spacial score (nSPS) is 9.92. The summed E-state index contributed by atoms with van der Waals surface area (Å²) in [7, 11) is 1.56. The van der Waals surface area contributed by atoms with Gasteiger partial charge in [-0.3, -0.25) is 9.69 Å². The molecule has 0 heterocycles. The molecular formula is C10H24N2O. The Morgan fingerprint density at radius 3 is 1.54 bits per heavy atom. The van der Waals surface area contributed by atoms with Gasteiger partial charge in [0.05, 0.1) is 0 Å². The van der Waals surface area contributed by atoms with Gasteiger partial charge in [-0.05, 0) is 34.2 Å². The Hall–Kier alpha value is -0.570. The van der Waals surface area contributed by atoms with E-state index in [9.17, 15) is 0 Å². The zero-order valence-corrected chi connectivity index (χ0v) is 9.79. The minimum atomic E-state index is 0.625. The van der Waals surface area contributed by atoms with Crippen LogP contribution in [0.15, 0.2) is 0 Å². The topological polar surface area (TPSA) is 32.3 Å². The van der Waals surface area contributed by atoms with E-state index in [2.05, 4.69) is 44.8 Å². The first-order valence-corrected chi connectivity index (χ1v) is 4.87. The summed E-state index contributed by atoms with van der Waals surface area (Å²) in [5.41, 5.74) is 0. The Morgan fingerprint density at radius 2 is 1.54 bits per heavy atom. The second kappa shape index (κ2) is 9.52. The molecule has 0 aromatic rings. The highest BCUT2D eigenvalue weighted by molar-refractivity contribution is 5.44. The van der Waals surface area contributed by atoms with Gasteiger partial charge in [0.1, 0.15) is 0 Å². The Bertz CT molecular complexity index is 105. The molecule has 0 aliphatic heterocycles. The fourth-order valence-electron chi connectivity index (χ4n) is 1.33. The summed E-state index contributed by atoms with van der Waals surface area (Å²) in [6.07, 6.45) is 0.625. The number of hydrogen-bond donors (Lipinski definition) is 1. The monoisotopic (exact) mass is 188 g/mol. The number of rotatable bonds is 4. The molecule has 0 aromatic heterocycles. The number of carbonyl (C=O) groups excluding carboxylic acids is 1. The Morgan fingerprint density at radius 1 is 1.23 bits per heavy atom. The summed E-state index contributed by atoms with van der Waals surface area (Å²) >= 11 is 0. The zero-order chi connectivity index (χ0) is 10.9.